The van der Waals surface area contributed by atoms with E-state index < -0.39 is 17.3 Å². The Labute approximate surface area is 161 Å². The molecule has 2 aliphatic carbocycles. The Hall–Kier alpha value is -3.40. The van der Waals surface area contributed by atoms with Crippen molar-refractivity contribution < 1.29 is 24.2 Å². The highest BCUT2D eigenvalue weighted by atomic mass is 16.5. The number of nitriles is 1. The number of amides is 2. The lowest BCUT2D eigenvalue weighted by molar-refractivity contribution is -0.138. The number of anilines is 1. The zero-order valence-corrected chi connectivity index (χ0v) is 15.2. The Morgan fingerprint density at radius 1 is 1.18 bits per heavy atom. The molecule has 0 spiro atoms. The van der Waals surface area contributed by atoms with E-state index in [9.17, 15) is 19.5 Å². The predicted octanol–water partition coefficient (Wildman–Crippen LogP) is 2.35. The van der Waals surface area contributed by atoms with Crippen LogP contribution in [0.15, 0.2) is 42.0 Å². The van der Waals surface area contributed by atoms with Gasteiger partial charge in [-0.15, -0.1) is 0 Å². The smallest absolute Gasteiger partial charge is 0.352 e. The van der Waals surface area contributed by atoms with E-state index in [2.05, 4.69) is 0 Å². The van der Waals surface area contributed by atoms with E-state index in [1.54, 1.807) is 13.0 Å². The second-order valence-electron chi connectivity index (χ2n) is 7.11. The van der Waals surface area contributed by atoms with Crippen molar-refractivity contribution in [3.63, 3.8) is 0 Å². The SMILES string of the molecule is CCOC(=O)/C(C#N)=C(/O)c1ccc(N2C(=O)[C@H]3[C@H](C2=O)[C@H]2C=C[C@H]3C2)cc1. The number of nitrogens with zero attached hydrogens (tertiary/aromatic N) is 2. The molecular formula is C21H18N2O5. The summed E-state index contributed by atoms with van der Waals surface area (Å²) in [5.74, 6) is -2.12. The number of esters is 1. The van der Waals surface area contributed by atoms with Gasteiger partial charge >= 0.3 is 5.97 Å². The van der Waals surface area contributed by atoms with Crippen LogP contribution in [0.4, 0.5) is 5.69 Å². The summed E-state index contributed by atoms with van der Waals surface area (Å²) in [5, 5.41) is 19.4. The highest BCUT2D eigenvalue weighted by molar-refractivity contribution is 6.22. The number of aliphatic hydroxyl groups excluding tert-OH is 1. The van der Waals surface area contributed by atoms with Gasteiger partial charge in [0.2, 0.25) is 11.8 Å². The molecule has 4 atom stereocenters. The molecule has 7 heteroatoms. The molecule has 2 bridgehead atoms. The lowest BCUT2D eigenvalue weighted by Crippen LogP contribution is -2.32. The van der Waals surface area contributed by atoms with Gasteiger partial charge in [0, 0.05) is 5.56 Å². The number of benzene rings is 1. The van der Waals surface area contributed by atoms with Crippen LogP contribution < -0.4 is 4.90 Å². The number of rotatable bonds is 4. The third-order valence-electron chi connectivity index (χ3n) is 5.70. The molecule has 1 aliphatic heterocycles. The summed E-state index contributed by atoms with van der Waals surface area (Å²) in [6.07, 6.45) is 4.93. The Kier molecular flexibility index (Phi) is 4.27. The number of fused-ring (bicyclic) bond motifs is 5. The first-order valence-electron chi connectivity index (χ1n) is 9.15. The molecule has 7 nitrogen and oxygen atoms in total. The first-order valence-corrected chi connectivity index (χ1v) is 9.15. The molecule has 4 rings (SSSR count). The molecule has 2 fully saturated rings. The van der Waals surface area contributed by atoms with Gasteiger partial charge in [-0.1, -0.05) is 12.2 Å². The number of carbonyl (C=O) groups excluding carboxylic acids is 3. The van der Waals surface area contributed by atoms with E-state index in [1.165, 1.54) is 29.2 Å². The largest absolute Gasteiger partial charge is 0.506 e. The number of imide groups is 1. The van der Waals surface area contributed by atoms with Gasteiger partial charge in [0.25, 0.3) is 0 Å². The van der Waals surface area contributed by atoms with Crippen LogP contribution in [0, 0.1) is 35.0 Å². The third kappa shape index (κ3) is 2.53. The van der Waals surface area contributed by atoms with Gasteiger partial charge in [-0.2, -0.15) is 5.26 Å². The van der Waals surface area contributed by atoms with Crippen molar-refractivity contribution in [3.05, 3.63) is 47.6 Å². The van der Waals surface area contributed by atoms with Gasteiger partial charge < -0.3 is 9.84 Å². The second-order valence-corrected chi connectivity index (χ2v) is 7.11. The maximum Gasteiger partial charge on any atom is 0.352 e. The van der Waals surface area contributed by atoms with Crippen molar-refractivity contribution in [2.45, 2.75) is 13.3 Å². The fraction of sp³-hybridized carbons (Fsp3) is 0.333. The highest BCUT2D eigenvalue weighted by Gasteiger charge is 2.59. The van der Waals surface area contributed by atoms with Gasteiger partial charge in [-0.05, 0) is 49.4 Å². The lowest BCUT2D eigenvalue weighted by atomic mass is 9.85. The van der Waals surface area contributed by atoms with Crippen molar-refractivity contribution >= 4 is 29.2 Å². The summed E-state index contributed by atoms with van der Waals surface area (Å²) in [5.41, 5.74) is 0.129. The third-order valence-corrected chi connectivity index (χ3v) is 5.70. The van der Waals surface area contributed by atoms with Crippen LogP contribution in [-0.2, 0) is 19.1 Å². The van der Waals surface area contributed by atoms with Crippen molar-refractivity contribution in [1.82, 2.24) is 0 Å². The molecular weight excluding hydrogens is 360 g/mol. The zero-order valence-electron chi connectivity index (χ0n) is 15.2. The highest BCUT2D eigenvalue weighted by Crippen LogP contribution is 2.53. The molecule has 0 radical (unpaired) electrons. The van der Waals surface area contributed by atoms with E-state index in [-0.39, 0.29) is 47.7 Å². The maximum absolute atomic E-state index is 12.8. The molecule has 28 heavy (non-hydrogen) atoms. The molecule has 2 amide bonds. The molecule has 1 heterocycles. The molecule has 1 saturated carbocycles. The van der Waals surface area contributed by atoms with Crippen LogP contribution in [0.3, 0.4) is 0 Å². The minimum absolute atomic E-state index is 0.0780. The van der Waals surface area contributed by atoms with Crippen molar-refractivity contribution in [1.29, 1.82) is 5.26 Å². The van der Waals surface area contributed by atoms with Crippen LogP contribution in [0.1, 0.15) is 18.9 Å². The fourth-order valence-corrected chi connectivity index (χ4v) is 4.47. The minimum Gasteiger partial charge on any atom is -0.506 e. The van der Waals surface area contributed by atoms with Gasteiger partial charge in [0.05, 0.1) is 24.1 Å². The van der Waals surface area contributed by atoms with Crippen molar-refractivity contribution in [2.75, 3.05) is 11.5 Å². The number of hydrogen-bond acceptors (Lipinski definition) is 6. The standard InChI is InChI=1S/C21H18N2O5/c1-2-28-21(27)15(10-22)18(24)11-5-7-14(8-6-11)23-19(25)16-12-3-4-13(9-12)17(16)20(23)26/h3-8,12-13,16-17,24H,2,9H2,1H3/b18-15+/t12-,13-,16+,17+/m0/s1. The minimum atomic E-state index is -0.910. The predicted molar refractivity (Wildman–Crippen MR) is 98.4 cm³/mol. The molecule has 3 aliphatic rings. The molecule has 1 aromatic rings. The zero-order chi connectivity index (χ0) is 20.0. The summed E-state index contributed by atoms with van der Waals surface area (Å²) in [6, 6.07) is 7.62. The average molecular weight is 378 g/mol. The number of allylic oxidation sites excluding steroid dienone is 2. The van der Waals surface area contributed by atoms with E-state index >= 15 is 0 Å². The van der Waals surface area contributed by atoms with Crippen LogP contribution in [0.2, 0.25) is 0 Å². The van der Waals surface area contributed by atoms with E-state index in [0.29, 0.717) is 5.69 Å². The van der Waals surface area contributed by atoms with Gasteiger partial charge in [0.1, 0.15) is 11.8 Å². The molecule has 1 aromatic carbocycles. The number of hydrogen-bond donors (Lipinski definition) is 1. The van der Waals surface area contributed by atoms with Crippen molar-refractivity contribution in [3.8, 4) is 6.07 Å². The van der Waals surface area contributed by atoms with Gasteiger partial charge in [0.15, 0.2) is 5.57 Å². The van der Waals surface area contributed by atoms with Crippen LogP contribution in [-0.4, -0.2) is 29.5 Å². The molecule has 1 N–H and O–H groups in total. The summed E-state index contributed by atoms with van der Waals surface area (Å²) in [6.45, 7) is 1.68. The van der Waals surface area contributed by atoms with E-state index in [4.69, 9.17) is 10.00 Å². The Balaban J connectivity index is 1.61. The topological polar surface area (TPSA) is 108 Å². The number of carbonyl (C=O) groups is 3. The first-order chi connectivity index (χ1) is 13.5. The second kappa shape index (κ2) is 6.64. The molecule has 0 aromatic heterocycles. The summed E-state index contributed by atoms with van der Waals surface area (Å²) < 4.78 is 4.76. The number of ether oxygens (including phenoxy) is 1. The van der Waals surface area contributed by atoms with Crippen LogP contribution in [0.25, 0.3) is 5.76 Å². The normalized spacial score (nSPS) is 28.2. The summed E-state index contributed by atoms with van der Waals surface area (Å²) >= 11 is 0. The quantitative estimate of drug-likeness (QED) is 0.215. The average Bonchev–Trinajstić information content (AvgIpc) is 3.36. The van der Waals surface area contributed by atoms with Crippen LogP contribution in [0.5, 0.6) is 0 Å². The van der Waals surface area contributed by atoms with Crippen LogP contribution >= 0.6 is 0 Å². The fourth-order valence-electron chi connectivity index (χ4n) is 4.47. The van der Waals surface area contributed by atoms with E-state index in [1.807, 2.05) is 12.2 Å². The summed E-state index contributed by atoms with van der Waals surface area (Å²) in [7, 11) is 0. The van der Waals surface area contributed by atoms with Gasteiger partial charge in [-0.3, -0.25) is 14.5 Å². The maximum atomic E-state index is 12.8. The molecule has 1 saturated heterocycles. The lowest BCUT2D eigenvalue weighted by Gasteiger charge is -2.17. The Morgan fingerprint density at radius 2 is 1.75 bits per heavy atom. The van der Waals surface area contributed by atoms with Gasteiger partial charge in [-0.25, -0.2) is 4.79 Å². The Morgan fingerprint density at radius 3 is 2.25 bits per heavy atom. The van der Waals surface area contributed by atoms with E-state index in [0.717, 1.165) is 6.42 Å². The molecule has 0 unspecified atom stereocenters. The first kappa shape index (κ1) is 18.0. The van der Waals surface area contributed by atoms with Crippen molar-refractivity contribution in [2.24, 2.45) is 23.7 Å². The Bertz CT molecular complexity index is 940. The number of aliphatic hydroxyl groups is 1. The molecule has 142 valence electrons. The monoisotopic (exact) mass is 378 g/mol. The summed E-state index contributed by atoms with van der Waals surface area (Å²) in [4.78, 5) is 38.6.